The van der Waals surface area contributed by atoms with Crippen molar-refractivity contribution in [2.75, 3.05) is 11.4 Å². The Kier molecular flexibility index (Phi) is 4.00. The van der Waals surface area contributed by atoms with Crippen molar-refractivity contribution in [3.63, 3.8) is 0 Å². The third-order valence-corrected chi connectivity index (χ3v) is 3.31. The molecule has 1 N–H and O–H groups in total. The van der Waals surface area contributed by atoms with Crippen LogP contribution in [0.15, 0.2) is 36.4 Å². The summed E-state index contributed by atoms with van der Waals surface area (Å²) in [5.41, 5.74) is 1.72. The third kappa shape index (κ3) is 3.02. The van der Waals surface area contributed by atoms with Crippen molar-refractivity contribution >= 4 is 17.6 Å². The minimum Gasteiger partial charge on any atom is -0.480 e. The Labute approximate surface area is 112 Å². The van der Waals surface area contributed by atoms with Gasteiger partial charge in [0.25, 0.3) is 0 Å². The smallest absolute Gasteiger partial charge is 0.323 e. The fraction of sp³-hybridized carbons (Fsp3) is 0.333. The Hall–Kier alpha value is -2.10. The summed E-state index contributed by atoms with van der Waals surface area (Å²) in [7, 11) is 0. The molecular weight excluding hydrogens is 242 g/mol. The van der Waals surface area contributed by atoms with Crippen LogP contribution in [0.4, 0.5) is 5.69 Å². The van der Waals surface area contributed by atoms with E-state index in [4.69, 9.17) is 5.11 Å². The molecule has 1 unspecified atom stereocenters. The van der Waals surface area contributed by atoms with Crippen LogP contribution < -0.4 is 4.90 Å². The summed E-state index contributed by atoms with van der Waals surface area (Å²) in [6, 6.07) is 7.53. The molecule has 0 saturated carbocycles. The van der Waals surface area contributed by atoms with E-state index in [1.807, 2.05) is 24.3 Å². The fourth-order valence-corrected chi connectivity index (χ4v) is 2.44. The van der Waals surface area contributed by atoms with Gasteiger partial charge in [0.1, 0.15) is 6.54 Å². The first-order chi connectivity index (χ1) is 9.09. The Morgan fingerprint density at radius 3 is 2.68 bits per heavy atom. The molecule has 0 aliphatic heterocycles. The Bertz CT molecular complexity index is 522. The maximum atomic E-state index is 11.7. The molecule has 0 aromatic heterocycles. The molecule has 1 atom stereocenters. The number of anilines is 1. The van der Waals surface area contributed by atoms with Gasteiger partial charge in [-0.25, -0.2) is 0 Å². The molecule has 0 fully saturated rings. The average molecular weight is 259 g/mol. The molecule has 0 heterocycles. The van der Waals surface area contributed by atoms with E-state index >= 15 is 0 Å². The van der Waals surface area contributed by atoms with Gasteiger partial charge in [0.15, 0.2) is 0 Å². The molecule has 1 aliphatic carbocycles. The maximum absolute atomic E-state index is 11.7. The van der Waals surface area contributed by atoms with E-state index in [0.717, 1.165) is 18.4 Å². The number of carboxylic acids is 1. The second kappa shape index (κ2) is 5.69. The maximum Gasteiger partial charge on any atom is 0.323 e. The number of para-hydroxylation sites is 1. The van der Waals surface area contributed by atoms with Crippen LogP contribution in [-0.2, 0) is 9.59 Å². The topological polar surface area (TPSA) is 57.6 Å². The van der Waals surface area contributed by atoms with Crippen LogP contribution in [0.1, 0.15) is 31.2 Å². The van der Waals surface area contributed by atoms with E-state index in [9.17, 15) is 9.59 Å². The van der Waals surface area contributed by atoms with Gasteiger partial charge in [0.2, 0.25) is 5.91 Å². The highest BCUT2D eigenvalue weighted by Crippen LogP contribution is 2.34. The van der Waals surface area contributed by atoms with E-state index in [1.54, 1.807) is 0 Å². The summed E-state index contributed by atoms with van der Waals surface area (Å²) in [5.74, 6) is -0.990. The highest BCUT2D eigenvalue weighted by atomic mass is 16.4. The summed E-state index contributed by atoms with van der Waals surface area (Å²) in [5, 5.41) is 8.94. The van der Waals surface area contributed by atoms with Gasteiger partial charge >= 0.3 is 5.97 Å². The number of carboxylic acid groups (broad SMARTS) is 1. The van der Waals surface area contributed by atoms with Gasteiger partial charge in [-0.05, 0) is 24.5 Å². The van der Waals surface area contributed by atoms with E-state index in [0.29, 0.717) is 5.69 Å². The summed E-state index contributed by atoms with van der Waals surface area (Å²) in [4.78, 5) is 23.9. The van der Waals surface area contributed by atoms with Crippen molar-refractivity contribution in [2.24, 2.45) is 0 Å². The highest BCUT2D eigenvalue weighted by molar-refractivity contribution is 5.96. The molecule has 100 valence electrons. The number of carbonyl (C=O) groups is 2. The van der Waals surface area contributed by atoms with E-state index in [2.05, 4.69) is 12.2 Å². The minimum absolute atomic E-state index is 0.253. The number of amides is 1. The molecule has 4 nitrogen and oxygen atoms in total. The fourth-order valence-electron chi connectivity index (χ4n) is 2.44. The number of nitrogens with zero attached hydrogens (tertiary/aromatic N) is 1. The lowest BCUT2D eigenvalue weighted by molar-refractivity contribution is -0.136. The van der Waals surface area contributed by atoms with Gasteiger partial charge in [-0.2, -0.15) is 0 Å². The largest absolute Gasteiger partial charge is 0.480 e. The molecule has 1 aliphatic rings. The van der Waals surface area contributed by atoms with Crippen LogP contribution >= 0.6 is 0 Å². The van der Waals surface area contributed by atoms with Gasteiger partial charge in [0, 0.05) is 18.5 Å². The lowest BCUT2D eigenvalue weighted by Crippen LogP contribution is -2.34. The molecule has 1 amide bonds. The van der Waals surface area contributed by atoms with Crippen molar-refractivity contribution in [1.82, 2.24) is 0 Å². The summed E-state index contributed by atoms with van der Waals surface area (Å²) >= 11 is 0. The number of aliphatic carboxylic acids is 1. The van der Waals surface area contributed by atoms with Crippen molar-refractivity contribution in [2.45, 2.75) is 25.7 Å². The zero-order valence-corrected chi connectivity index (χ0v) is 10.9. The Morgan fingerprint density at radius 2 is 2.11 bits per heavy atom. The quantitative estimate of drug-likeness (QED) is 0.845. The van der Waals surface area contributed by atoms with Crippen LogP contribution in [0.2, 0.25) is 0 Å². The molecule has 0 radical (unpaired) electrons. The Balaban J connectivity index is 2.38. The van der Waals surface area contributed by atoms with Crippen molar-refractivity contribution in [1.29, 1.82) is 0 Å². The third-order valence-electron chi connectivity index (χ3n) is 3.31. The predicted molar refractivity (Wildman–Crippen MR) is 73.2 cm³/mol. The molecule has 0 saturated heterocycles. The minimum atomic E-state index is -1.01. The van der Waals surface area contributed by atoms with Crippen LogP contribution in [0.25, 0.3) is 0 Å². The lowest BCUT2D eigenvalue weighted by Gasteiger charge is -2.24. The van der Waals surface area contributed by atoms with Gasteiger partial charge in [-0.1, -0.05) is 30.4 Å². The summed E-state index contributed by atoms with van der Waals surface area (Å²) in [6.45, 7) is 1.09. The van der Waals surface area contributed by atoms with Crippen molar-refractivity contribution in [3.05, 3.63) is 42.0 Å². The molecule has 4 heteroatoms. The second-order valence-electron chi connectivity index (χ2n) is 4.67. The first-order valence-corrected chi connectivity index (χ1v) is 6.35. The van der Waals surface area contributed by atoms with Crippen LogP contribution in [0, 0.1) is 0 Å². The van der Waals surface area contributed by atoms with E-state index in [1.165, 1.54) is 11.8 Å². The zero-order valence-electron chi connectivity index (χ0n) is 10.9. The van der Waals surface area contributed by atoms with Gasteiger partial charge in [0.05, 0.1) is 0 Å². The summed E-state index contributed by atoms with van der Waals surface area (Å²) in [6.07, 6.45) is 6.28. The molecule has 0 spiro atoms. The predicted octanol–water partition coefficient (Wildman–Crippen LogP) is 2.56. The second-order valence-corrected chi connectivity index (χ2v) is 4.67. The molecule has 1 aromatic carbocycles. The number of benzene rings is 1. The molecule has 0 bridgehead atoms. The standard InChI is InChI=1S/C15H17NO3/c1-11(17)16(10-15(18)19)14-9-5-4-8-13(14)12-6-2-3-7-12/h2,4-6,8-9,12H,3,7,10H2,1H3,(H,18,19). The molecule has 19 heavy (non-hydrogen) atoms. The van der Waals surface area contributed by atoms with Crippen LogP contribution in [0.3, 0.4) is 0 Å². The lowest BCUT2D eigenvalue weighted by atomic mass is 9.96. The van der Waals surface area contributed by atoms with Crippen LogP contribution in [0.5, 0.6) is 0 Å². The van der Waals surface area contributed by atoms with Gasteiger partial charge in [-0.3, -0.25) is 9.59 Å². The molecular formula is C15H17NO3. The monoisotopic (exact) mass is 259 g/mol. The number of allylic oxidation sites excluding steroid dienone is 2. The zero-order chi connectivity index (χ0) is 13.8. The highest BCUT2D eigenvalue weighted by Gasteiger charge is 2.22. The first-order valence-electron chi connectivity index (χ1n) is 6.35. The normalized spacial score (nSPS) is 17.4. The summed E-state index contributed by atoms with van der Waals surface area (Å²) < 4.78 is 0. The van der Waals surface area contributed by atoms with Crippen LogP contribution in [-0.4, -0.2) is 23.5 Å². The van der Waals surface area contributed by atoms with Crippen molar-refractivity contribution in [3.8, 4) is 0 Å². The number of carbonyl (C=O) groups excluding carboxylic acids is 1. The molecule has 2 rings (SSSR count). The number of rotatable bonds is 4. The molecule has 1 aromatic rings. The van der Waals surface area contributed by atoms with Gasteiger partial charge in [-0.15, -0.1) is 0 Å². The number of hydrogen-bond donors (Lipinski definition) is 1. The number of hydrogen-bond acceptors (Lipinski definition) is 2. The first kappa shape index (κ1) is 13.3. The van der Waals surface area contributed by atoms with E-state index < -0.39 is 5.97 Å². The SMILES string of the molecule is CC(=O)N(CC(=O)O)c1ccccc1C1C=CCC1. The van der Waals surface area contributed by atoms with Gasteiger partial charge < -0.3 is 10.0 Å². The average Bonchev–Trinajstić information content (AvgIpc) is 2.89. The Morgan fingerprint density at radius 1 is 1.37 bits per heavy atom. The van der Waals surface area contributed by atoms with E-state index in [-0.39, 0.29) is 18.4 Å². The van der Waals surface area contributed by atoms with Crippen molar-refractivity contribution < 1.29 is 14.7 Å².